The molecule has 2 rings (SSSR count). The molecule has 0 aliphatic heterocycles. The lowest BCUT2D eigenvalue weighted by atomic mass is 10.2. The zero-order valence-electron chi connectivity index (χ0n) is 10.4. The van der Waals surface area contributed by atoms with Crippen LogP contribution in [0.25, 0.3) is 11.0 Å². The highest BCUT2D eigenvalue weighted by molar-refractivity contribution is 8.00. The van der Waals surface area contributed by atoms with Crippen LogP contribution in [0.1, 0.15) is 25.1 Å². The maximum Gasteiger partial charge on any atom is 0.158 e. The van der Waals surface area contributed by atoms with E-state index in [1.807, 2.05) is 36.6 Å². The van der Waals surface area contributed by atoms with Crippen LogP contribution in [0.2, 0.25) is 0 Å². The Kier molecular flexibility index (Phi) is 2.93. The van der Waals surface area contributed by atoms with Crippen LogP contribution in [0.3, 0.4) is 0 Å². The van der Waals surface area contributed by atoms with Crippen molar-refractivity contribution in [1.29, 1.82) is 0 Å². The molecule has 0 aliphatic rings. The number of thioether (sulfide) groups is 1. The number of nitrogens with zero attached hydrogens (tertiary/aromatic N) is 3. The summed E-state index contributed by atoms with van der Waals surface area (Å²) < 4.78 is 1.86. The van der Waals surface area contributed by atoms with Gasteiger partial charge in [-0.05, 0) is 19.4 Å². The topological polar surface area (TPSA) is 30.7 Å². The van der Waals surface area contributed by atoms with E-state index in [-0.39, 0.29) is 0 Å². The zero-order chi connectivity index (χ0) is 11.9. The van der Waals surface area contributed by atoms with Gasteiger partial charge in [-0.2, -0.15) is 5.10 Å². The van der Waals surface area contributed by atoms with E-state index in [9.17, 15) is 0 Å². The normalized spacial score (nSPS) is 11.6. The first-order chi connectivity index (χ1) is 7.50. The van der Waals surface area contributed by atoms with E-state index in [0.29, 0.717) is 5.25 Å². The van der Waals surface area contributed by atoms with Crippen LogP contribution in [0.4, 0.5) is 0 Å². The first-order valence-corrected chi connectivity index (χ1v) is 6.34. The van der Waals surface area contributed by atoms with Gasteiger partial charge in [-0.15, -0.1) is 11.8 Å². The first-order valence-electron chi connectivity index (χ1n) is 5.46. The van der Waals surface area contributed by atoms with Gasteiger partial charge in [-0.25, -0.2) is 4.98 Å². The summed E-state index contributed by atoms with van der Waals surface area (Å²) in [7, 11) is 1.95. The molecule has 2 aromatic heterocycles. The van der Waals surface area contributed by atoms with Crippen LogP contribution in [0, 0.1) is 13.8 Å². The van der Waals surface area contributed by atoms with Gasteiger partial charge in [0.1, 0.15) is 0 Å². The van der Waals surface area contributed by atoms with Crippen LogP contribution in [0.15, 0.2) is 11.1 Å². The molecule has 0 aliphatic carbocycles. The van der Waals surface area contributed by atoms with Gasteiger partial charge in [0, 0.05) is 23.4 Å². The van der Waals surface area contributed by atoms with Crippen LogP contribution in [-0.4, -0.2) is 20.0 Å². The van der Waals surface area contributed by atoms with Gasteiger partial charge in [0.05, 0.1) is 11.1 Å². The van der Waals surface area contributed by atoms with E-state index >= 15 is 0 Å². The molecule has 0 radical (unpaired) electrons. The lowest BCUT2D eigenvalue weighted by Crippen LogP contribution is -1.94. The molecule has 2 heterocycles. The molecule has 3 nitrogen and oxygen atoms in total. The Morgan fingerprint density at radius 1 is 1.31 bits per heavy atom. The van der Waals surface area contributed by atoms with E-state index in [1.165, 1.54) is 15.8 Å². The minimum Gasteiger partial charge on any atom is -0.250 e. The number of hydrogen-bond acceptors (Lipinski definition) is 3. The molecule has 4 heteroatoms. The van der Waals surface area contributed by atoms with Crippen molar-refractivity contribution >= 4 is 22.8 Å². The average molecular weight is 235 g/mol. The quantitative estimate of drug-likeness (QED) is 0.749. The van der Waals surface area contributed by atoms with E-state index < -0.39 is 0 Å². The number of aryl methyl sites for hydroxylation is 3. The van der Waals surface area contributed by atoms with Gasteiger partial charge in [0.25, 0.3) is 0 Å². The van der Waals surface area contributed by atoms with Gasteiger partial charge >= 0.3 is 0 Å². The number of rotatable bonds is 2. The fourth-order valence-electron chi connectivity index (χ4n) is 1.86. The Bertz CT molecular complexity index is 529. The maximum atomic E-state index is 4.46. The van der Waals surface area contributed by atoms with Crippen molar-refractivity contribution < 1.29 is 0 Å². The third kappa shape index (κ3) is 1.82. The van der Waals surface area contributed by atoms with Crippen LogP contribution >= 0.6 is 11.8 Å². The predicted octanol–water partition coefficient (Wildman–Crippen LogP) is 3.09. The lowest BCUT2D eigenvalue weighted by Gasteiger charge is -2.09. The monoisotopic (exact) mass is 235 g/mol. The fourth-order valence-corrected chi connectivity index (χ4v) is 2.93. The van der Waals surface area contributed by atoms with E-state index in [0.717, 1.165) is 11.3 Å². The maximum absolute atomic E-state index is 4.46. The fraction of sp³-hybridized carbons (Fsp3) is 0.500. The minimum absolute atomic E-state index is 0.573. The number of pyridine rings is 1. The molecule has 0 amide bonds. The van der Waals surface area contributed by atoms with Crippen molar-refractivity contribution in [2.24, 2.45) is 7.05 Å². The van der Waals surface area contributed by atoms with Crippen molar-refractivity contribution in [3.63, 3.8) is 0 Å². The Balaban J connectivity index is 2.73. The summed E-state index contributed by atoms with van der Waals surface area (Å²) in [5.74, 6) is 0. The SMILES string of the molecule is Cc1cnc2c(c(C)nn2C)c1SC(C)C. The molecule has 0 unspecified atom stereocenters. The van der Waals surface area contributed by atoms with Crippen LogP contribution in [0.5, 0.6) is 0 Å². The van der Waals surface area contributed by atoms with Gasteiger partial charge in [0.15, 0.2) is 5.65 Å². The highest BCUT2D eigenvalue weighted by atomic mass is 32.2. The first kappa shape index (κ1) is 11.5. The highest BCUT2D eigenvalue weighted by Gasteiger charge is 2.14. The molecular formula is C12H17N3S. The molecule has 0 atom stereocenters. The van der Waals surface area contributed by atoms with E-state index in [1.54, 1.807) is 0 Å². The standard InChI is InChI=1S/C12H17N3S/c1-7(2)16-11-8(3)6-13-12-10(11)9(4)14-15(12)5/h6-7H,1-5H3. The van der Waals surface area contributed by atoms with Gasteiger partial charge in [-0.1, -0.05) is 13.8 Å². The summed E-state index contributed by atoms with van der Waals surface area (Å²) in [6, 6.07) is 0. The van der Waals surface area contributed by atoms with Crippen LogP contribution in [-0.2, 0) is 7.05 Å². The van der Waals surface area contributed by atoms with Crippen molar-refractivity contribution in [3.8, 4) is 0 Å². The van der Waals surface area contributed by atoms with Crippen molar-refractivity contribution in [2.75, 3.05) is 0 Å². The largest absolute Gasteiger partial charge is 0.250 e. The molecule has 16 heavy (non-hydrogen) atoms. The lowest BCUT2D eigenvalue weighted by molar-refractivity contribution is 0.773. The third-order valence-corrected chi connectivity index (χ3v) is 3.74. The molecular weight excluding hydrogens is 218 g/mol. The summed E-state index contributed by atoms with van der Waals surface area (Å²) in [6.45, 7) is 8.58. The number of aromatic nitrogens is 3. The molecule has 0 saturated carbocycles. The molecule has 2 aromatic rings. The molecule has 0 fully saturated rings. The number of hydrogen-bond donors (Lipinski definition) is 0. The third-order valence-electron chi connectivity index (χ3n) is 2.51. The predicted molar refractivity (Wildman–Crippen MR) is 69.0 cm³/mol. The van der Waals surface area contributed by atoms with Crippen molar-refractivity contribution in [1.82, 2.24) is 14.8 Å². The number of fused-ring (bicyclic) bond motifs is 1. The summed E-state index contributed by atoms with van der Waals surface area (Å²) in [6.07, 6.45) is 1.94. The average Bonchev–Trinajstić information content (AvgIpc) is 2.46. The van der Waals surface area contributed by atoms with E-state index in [2.05, 4.69) is 30.9 Å². The molecule has 86 valence electrons. The van der Waals surface area contributed by atoms with E-state index in [4.69, 9.17) is 0 Å². The second kappa shape index (κ2) is 4.09. The Morgan fingerprint density at radius 3 is 2.62 bits per heavy atom. The molecule has 0 aromatic carbocycles. The Morgan fingerprint density at radius 2 is 2.00 bits per heavy atom. The smallest absolute Gasteiger partial charge is 0.158 e. The Labute approximate surface area is 100 Å². The zero-order valence-corrected chi connectivity index (χ0v) is 11.2. The Hall–Kier alpha value is -1.03. The van der Waals surface area contributed by atoms with Crippen molar-refractivity contribution in [2.45, 2.75) is 37.8 Å². The highest BCUT2D eigenvalue weighted by Crippen LogP contribution is 2.34. The van der Waals surface area contributed by atoms with Gasteiger partial charge in [-0.3, -0.25) is 4.68 Å². The van der Waals surface area contributed by atoms with Crippen LogP contribution < -0.4 is 0 Å². The summed E-state index contributed by atoms with van der Waals surface area (Å²) >= 11 is 1.89. The second-order valence-electron chi connectivity index (χ2n) is 4.34. The molecule has 0 spiro atoms. The summed E-state index contributed by atoms with van der Waals surface area (Å²) in [5, 5.41) is 6.22. The molecule has 0 saturated heterocycles. The van der Waals surface area contributed by atoms with Crippen molar-refractivity contribution in [3.05, 3.63) is 17.5 Å². The summed E-state index contributed by atoms with van der Waals surface area (Å²) in [5.41, 5.74) is 3.28. The minimum atomic E-state index is 0.573. The second-order valence-corrected chi connectivity index (χ2v) is 5.93. The summed E-state index contributed by atoms with van der Waals surface area (Å²) in [4.78, 5) is 5.78. The molecule has 0 bridgehead atoms. The van der Waals surface area contributed by atoms with Gasteiger partial charge < -0.3 is 0 Å². The molecule has 0 N–H and O–H groups in total. The van der Waals surface area contributed by atoms with Gasteiger partial charge in [0.2, 0.25) is 0 Å².